The molecular formula is C14H23N3O4S. The Morgan fingerprint density at radius 3 is 2.27 bits per heavy atom. The summed E-state index contributed by atoms with van der Waals surface area (Å²) in [7, 11) is -3.59. The number of urea groups is 1. The molecule has 0 aromatic heterocycles. The zero-order valence-corrected chi connectivity index (χ0v) is 13.7. The first kappa shape index (κ1) is 18.4. The van der Waals surface area contributed by atoms with Crippen molar-refractivity contribution in [2.24, 2.45) is 0 Å². The summed E-state index contributed by atoms with van der Waals surface area (Å²) in [6.07, 6.45) is 0.358. The maximum Gasteiger partial charge on any atom is 0.321 e. The minimum absolute atomic E-state index is 0.0706. The maximum absolute atomic E-state index is 12.0. The highest BCUT2D eigenvalue weighted by Crippen LogP contribution is 2.14. The van der Waals surface area contributed by atoms with Crippen LogP contribution in [0.1, 0.15) is 20.3 Å². The van der Waals surface area contributed by atoms with Crippen molar-refractivity contribution in [3.63, 3.8) is 0 Å². The number of carbonyl (C=O) groups excluding carboxylic acids is 1. The number of carbonyl (C=O) groups is 1. The van der Waals surface area contributed by atoms with E-state index >= 15 is 0 Å². The van der Waals surface area contributed by atoms with E-state index in [1.54, 1.807) is 17.0 Å². The van der Waals surface area contributed by atoms with Crippen LogP contribution in [0.2, 0.25) is 0 Å². The van der Waals surface area contributed by atoms with Gasteiger partial charge in [0.15, 0.2) is 0 Å². The van der Waals surface area contributed by atoms with Gasteiger partial charge in [0.25, 0.3) is 0 Å². The molecule has 2 amide bonds. The molecule has 22 heavy (non-hydrogen) atoms. The third-order valence-corrected chi connectivity index (χ3v) is 4.57. The van der Waals surface area contributed by atoms with Gasteiger partial charge in [0, 0.05) is 31.9 Å². The second kappa shape index (κ2) is 8.72. The van der Waals surface area contributed by atoms with Crippen LogP contribution < -0.4 is 10.0 Å². The fourth-order valence-electron chi connectivity index (χ4n) is 1.80. The van der Waals surface area contributed by atoms with Crippen LogP contribution in [0.5, 0.6) is 0 Å². The first-order valence-corrected chi connectivity index (χ1v) is 8.69. The molecule has 0 aliphatic heterocycles. The van der Waals surface area contributed by atoms with E-state index in [9.17, 15) is 13.2 Å². The van der Waals surface area contributed by atoms with E-state index in [-0.39, 0.29) is 24.1 Å². The number of benzene rings is 1. The lowest BCUT2D eigenvalue weighted by atomic mass is 10.3. The van der Waals surface area contributed by atoms with Crippen molar-refractivity contribution < 1.29 is 18.3 Å². The Kier molecular flexibility index (Phi) is 7.30. The molecule has 3 N–H and O–H groups in total. The van der Waals surface area contributed by atoms with Gasteiger partial charge in [-0.05, 0) is 44.5 Å². The number of amides is 2. The van der Waals surface area contributed by atoms with Crippen LogP contribution in [0.3, 0.4) is 0 Å². The molecule has 124 valence electrons. The lowest BCUT2D eigenvalue weighted by Gasteiger charge is -2.19. The topological polar surface area (TPSA) is 98.7 Å². The third kappa shape index (κ3) is 5.28. The summed E-state index contributed by atoms with van der Waals surface area (Å²) in [5.74, 6) is 0. The van der Waals surface area contributed by atoms with Crippen molar-refractivity contribution in [2.45, 2.75) is 25.2 Å². The fraction of sp³-hybridized carbons (Fsp3) is 0.500. The second-order valence-corrected chi connectivity index (χ2v) is 6.37. The van der Waals surface area contributed by atoms with Crippen LogP contribution in [0.25, 0.3) is 0 Å². The lowest BCUT2D eigenvalue weighted by molar-refractivity contribution is 0.217. The van der Waals surface area contributed by atoms with E-state index in [0.717, 1.165) is 0 Å². The largest absolute Gasteiger partial charge is 0.396 e. The summed E-state index contributed by atoms with van der Waals surface area (Å²) in [4.78, 5) is 13.6. The van der Waals surface area contributed by atoms with Crippen molar-refractivity contribution in [1.29, 1.82) is 0 Å². The molecular weight excluding hydrogens is 306 g/mol. The predicted molar refractivity (Wildman–Crippen MR) is 85.3 cm³/mol. The first-order chi connectivity index (χ1) is 10.4. The summed E-state index contributed by atoms with van der Waals surface area (Å²) in [5, 5.41) is 11.4. The van der Waals surface area contributed by atoms with E-state index in [4.69, 9.17) is 5.11 Å². The standard InChI is InChI=1S/C14H23N3O4S/c1-3-17(4-2)14(19)16-12-6-8-13(9-7-12)22(20,21)15-10-5-11-18/h6-9,15,18H,3-5,10-11H2,1-2H3,(H,16,19). The summed E-state index contributed by atoms with van der Waals surface area (Å²) >= 11 is 0. The number of aliphatic hydroxyl groups is 1. The quantitative estimate of drug-likeness (QED) is 0.625. The van der Waals surface area contributed by atoms with Gasteiger partial charge in [-0.1, -0.05) is 0 Å². The number of nitrogens with one attached hydrogen (secondary N) is 2. The van der Waals surface area contributed by atoms with E-state index < -0.39 is 10.0 Å². The number of anilines is 1. The molecule has 0 aliphatic rings. The molecule has 7 nitrogen and oxygen atoms in total. The van der Waals surface area contributed by atoms with E-state index in [0.29, 0.717) is 25.2 Å². The van der Waals surface area contributed by atoms with Crippen molar-refractivity contribution >= 4 is 21.7 Å². The molecule has 1 rings (SSSR count). The van der Waals surface area contributed by atoms with E-state index in [1.165, 1.54) is 12.1 Å². The van der Waals surface area contributed by atoms with Gasteiger partial charge in [0.05, 0.1) is 4.90 Å². The normalized spacial score (nSPS) is 11.2. The zero-order valence-electron chi connectivity index (χ0n) is 12.9. The molecule has 0 fully saturated rings. The number of rotatable bonds is 8. The Morgan fingerprint density at radius 2 is 1.77 bits per heavy atom. The molecule has 1 aromatic rings. The fourth-order valence-corrected chi connectivity index (χ4v) is 2.87. The van der Waals surface area contributed by atoms with Crippen LogP contribution in [0.4, 0.5) is 10.5 Å². The Hall–Kier alpha value is -1.64. The minimum Gasteiger partial charge on any atom is -0.396 e. The molecule has 0 spiro atoms. The molecule has 0 radical (unpaired) electrons. The number of aliphatic hydroxyl groups excluding tert-OH is 1. The molecule has 0 saturated carbocycles. The summed E-state index contributed by atoms with van der Waals surface area (Å²) in [5.41, 5.74) is 0.534. The molecule has 0 bridgehead atoms. The summed E-state index contributed by atoms with van der Waals surface area (Å²) in [6.45, 7) is 5.08. The number of nitrogens with zero attached hydrogens (tertiary/aromatic N) is 1. The van der Waals surface area contributed by atoms with Crippen molar-refractivity contribution in [3.05, 3.63) is 24.3 Å². The molecule has 1 aromatic carbocycles. The number of hydrogen-bond donors (Lipinski definition) is 3. The Labute approximate surface area is 131 Å². The molecule has 0 unspecified atom stereocenters. The molecule has 0 atom stereocenters. The molecule has 0 aliphatic carbocycles. The van der Waals surface area contributed by atoms with Crippen molar-refractivity contribution in [3.8, 4) is 0 Å². The molecule has 0 saturated heterocycles. The minimum atomic E-state index is -3.59. The smallest absolute Gasteiger partial charge is 0.321 e. The van der Waals surface area contributed by atoms with Crippen LogP contribution in [-0.4, -0.2) is 50.7 Å². The van der Waals surface area contributed by atoms with Gasteiger partial charge in [-0.15, -0.1) is 0 Å². The summed E-state index contributed by atoms with van der Waals surface area (Å²) < 4.78 is 26.3. The lowest BCUT2D eigenvalue weighted by Crippen LogP contribution is -2.34. The van der Waals surface area contributed by atoms with E-state index in [2.05, 4.69) is 10.0 Å². The Morgan fingerprint density at radius 1 is 1.18 bits per heavy atom. The van der Waals surface area contributed by atoms with Crippen LogP contribution >= 0.6 is 0 Å². The van der Waals surface area contributed by atoms with Gasteiger partial charge in [-0.2, -0.15) is 0 Å². The first-order valence-electron chi connectivity index (χ1n) is 7.21. The SMILES string of the molecule is CCN(CC)C(=O)Nc1ccc(S(=O)(=O)NCCCO)cc1. The van der Waals surface area contributed by atoms with Crippen LogP contribution in [0.15, 0.2) is 29.2 Å². The second-order valence-electron chi connectivity index (χ2n) is 4.60. The Balaban J connectivity index is 2.72. The highest BCUT2D eigenvalue weighted by atomic mass is 32.2. The number of hydrogen-bond acceptors (Lipinski definition) is 4. The third-order valence-electron chi connectivity index (χ3n) is 3.09. The zero-order chi connectivity index (χ0) is 16.6. The van der Waals surface area contributed by atoms with Crippen molar-refractivity contribution in [2.75, 3.05) is 31.6 Å². The average molecular weight is 329 g/mol. The molecule has 8 heteroatoms. The monoisotopic (exact) mass is 329 g/mol. The maximum atomic E-state index is 12.0. The van der Waals surface area contributed by atoms with Crippen molar-refractivity contribution in [1.82, 2.24) is 9.62 Å². The van der Waals surface area contributed by atoms with Gasteiger partial charge in [0.1, 0.15) is 0 Å². The Bertz CT molecular complexity index is 568. The van der Waals surface area contributed by atoms with Gasteiger partial charge >= 0.3 is 6.03 Å². The average Bonchev–Trinajstić information content (AvgIpc) is 2.49. The van der Waals surface area contributed by atoms with Gasteiger partial charge < -0.3 is 15.3 Å². The van der Waals surface area contributed by atoms with E-state index in [1.807, 2.05) is 13.8 Å². The van der Waals surface area contributed by atoms with Crippen LogP contribution in [0, 0.1) is 0 Å². The highest BCUT2D eigenvalue weighted by Gasteiger charge is 2.14. The van der Waals surface area contributed by atoms with Gasteiger partial charge in [-0.3, -0.25) is 0 Å². The van der Waals surface area contributed by atoms with Gasteiger partial charge in [0.2, 0.25) is 10.0 Å². The van der Waals surface area contributed by atoms with Gasteiger partial charge in [-0.25, -0.2) is 17.9 Å². The summed E-state index contributed by atoms with van der Waals surface area (Å²) in [6, 6.07) is 5.73. The predicted octanol–water partition coefficient (Wildman–Crippen LogP) is 1.22. The van der Waals surface area contributed by atoms with Crippen LogP contribution in [-0.2, 0) is 10.0 Å². The number of sulfonamides is 1. The highest BCUT2D eigenvalue weighted by molar-refractivity contribution is 7.89. The molecule has 0 heterocycles.